The highest BCUT2D eigenvalue weighted by molar-refractivity contribution is 5.81. The number of nitrogens with one attached hydrogen (secondary N) is 1. The van der Waals surface area contributed by atoms with E-state index >= 15 is 0 Å². The molecular formula is C11H22N2O2. The first-order chi connectivity index (χ1) is 7.15. The van der Waals surface area contributed by atoms with Gasteiger partial charge >= 0.3 is 0 Å². The van der Waals surface area contributed by atoms with Crippen molar-refractivity contribution in [1.29, 1.82) is 0 Å². The van der Waals surface area contributed by atoms with Gasteiger partial charge in [0, 0.05) is 19.2 Å². The first-order valence-corrected chi connectivity index (χ1v) is 5.80. The summed E-state index contributed by atoms with van der Waals surface area (Å²) in [5, 5.41) is 2.85. The number of carbonyl (C=O) groups excluding carboxylic acids is 1. The fraction of sp³-hybridized carbons (Fsp3) is 0.909. The number of hydrogen-bond donors (Lipinski definition) is 2. The first-order valence-electron chi connectivity index (χ1n) is 5.80. The number of rotatable bonds is 5. The van der Waals surface area contributed by atoms with Crippen LogP contribution in [0.4, 0.5) is 0 Å². The average Bonchev–Trinajstić information content (AvgIpc) is 2.61. The minimum atomic E-state index is -0.265. The monoisotopic (exact) mass is 214 g/mol. The molecule has 0 aliphatic carbocycles. The summed E-state index contributed by atoms with van der Waals surface area (Å²) in [7, 11) is 0. The van der Waals surface area contributed by atoms with Gasteiger partial charge in [-0.2, -0.15) is 0 Å². The third-order valence-corrected chi connectivity index (χ3v) is 2.84. The van der Waals surface area contributed by atoms with Crippen LogP contribution in [0.15, 0.2) is 0 Å². The summed E-state index contributed by atoms with van der Waals surface area (Å²) < 4.78 is 5.37. The molecule has 3 N–H and O–H groups in total. The van der Waals surface area contributed by atoms with Gasteiger partial charge < -0.3 is 15.8 Å². The van der Waals surface area contributed by atoms with Crippen LogP contribution >= 0.6 is 0 Å². The molecule has 1 fully saturated rings. The Labute approximate surface area is 91.5 Å². The van der Waals surface area contributed by atoms with E-state index in [4.69, 9.17) is 10.5 Å². The summed E-state index contributed by atoms with van der Waals surface area (Å²) in [5.41, 5.74) is 5.81. The Balaban J connectivity index is 2.23. The fourth-order valence-corrected chi connectivity index (χ4v) is 1.84. The SMILES string of the molecule is CCCC(N)CNC(=O)C1OCCC1C. The molecule has 0 aromatic carbocycles. The molecule has 4 heteroatoms. The van der Waals surface area contributed by atoms with Crippen molar-refractivity contribution in [2.45, 2.75) is 45.3 Å². The van der Waals surface area contributed by atoms with E-state index in [1.54, 1.807) is 0 Å². The molecule has 0 saturated carbocycles. The van der Waals surface area contributed by atoms with E-state index in [0.29, 0.717) is 19.1 Å². The van der Waals surface area contributed by atoms with Crippen molar-refractivity contribution in [2.24, 2.45) is 11.7 Å². The summed E-state index contributed by atoms with van der Waals surface area (Å²) in [6.45, 7) is 5.38. The van der Waals surface area contributed by atoms with E-state index < -0.39 is 0 Å². The molecular weight excluding hydrogens is 192 g/mol. The number of carbonyl (C=O) groups is 1. The van der Waals surface area contributed by atoms with Gasteiger partial charge in [0.05, 0.1) is 0 Å². The third kappa shape index (κ3) is 3.80. The van der Waals surface area contributed by atoms with Crippen LogP contribution in [0, 0.1) is 5.92 Å². The molecule has 3 unspecified atom stereocenters. The number of nitrogens with two attached hydrogens (primary N) is 1. The maximum atomic E-state index is 11.7. The Kier molecular flexibility index (Phi) is 5.05. The van der Waals surface area contributed by atoms with Gasteiger partial charge in [-0.3, -0.25) is 4.79 Å². The molecule has 0 radical (unpaired) electrons. The second-order valence-electron chi connectivity index (χ2n) is 4.35. The lowest BCUT2D eigenvalue weighted by atomic mass is 10.0. The van der Waals surface area contributed by atoms with Crippen molar-refractivity contribution >= 4 is 5.91 Å². The Morgan fingerprint density at radius 1 is 1.67 bits per heavy atom. The fourth-order valence-electron chi connectivity index (χ4n) is 1.84. The van der Waals surface area contributed by atoms with Crippen LogP contribution in [0.1, 0.15) is 33.1 Å². The Morgan fingerprint density at radius 2 is 2.40 bits per heavy atom. The molecule has 0 aromatic rings. The van der Waals surface area contributed by atoms with Crippen LogP contribution in [0.2, 0.25) is 0 Å². The highest BCUT2D eigenvalue weighted by Crippen LogP contribution is 2.19. The van der Waals surface area contributed by atoms with Gasteiger partial charge in [-0.05, 0) is 18.8 Å². The van der Waals surface area contributed by atoms with Crippen molar-refractivity contribution in [2.75, 3.05) is 13.2 Å². The minimum Gasteiger partial charge on any atom is -0.368 e. The maximum absolute atomic E-state index is 11.7. The second kappa shape index (κ2) is 6.08. The standard InChI is InChI=1S/C11H22N2O2/c1-3-4-9(12)7-13-11(14)10-8(2)5-6-15-10/h8-10H,3-7,12H2,1-2H3,(H,13,14). The molecule has 1 aliphatic rings. The van der Waals surface area contributed by atoms with Gasteiger partial charge in [0.2, 0.25) is 5.91 Å². The predicted molar refractivity (Wildman–Crippen MR) is 59.4 cm³/mol. The number of ether oxygens (including phenoxy) is 1. The zero-order valence-electron chi connectivity index (χ0n) is 9.66. The van der Waals surface area contributed by atoms with Crippen molar-refractivity contribution in [3.8, 4) is 0 Å². The minimum absolute atomic E-state index is 0.00782. The molecule has 15 heavy (non-hydrogen) atoms. The second-order valence-corrected chi connectivity index (χ2v) is 4.35. The lowest BCUT2D eigenvalue weighted by Crippen LogP contribution is -2.43. The van der Waals surface area contributed by atoms with Gasteiger partial charge in [-0.15, -0.1) is 0 Å². The van der Waals surface area contributed by atoms with Crippen LogP contribution in [0.5, 0.6) is 0 Å². The zero-order valence-corrected chi connectivity index (χ0v) is 9.66. The van der Waals surface area contributed by atoms with E-state index in [1.165, 1.54) is 0 Å². The van der Waals surface area contributed by atoms with E-state index in [-0.39, 0.29) is 18.1 Å². The van der Waals surface area contributed by atoms with Crippen molar-refractivity contribution in [3.05, 3.63) is 0 Å². The molecule has 4 nitrogen and oxygen atoms in total. The molecule has 1 rings (SSSR count). The molecule has 1 aliphatic heterocycles. The van der Waals surface area contributed by atoms with E-state index in [2.05, 4.69) is 12.2 Å². The normalized spacial score (nSPS) is 27.7. The molecule has 0 bridgehead atoms. The molecule has 1 saturated heterocycles. The summed E-state index contributed by atoms with van der Waals surface area (Å²) >= 11 is 0. The summed E-state index contributed by atoms with van der Waals surface area (Å²) in [6.07, 6.45) is 2.70. The highest BCUT2D eigenvalue weighted by Gasteiger charge is 2.30. The van der Waals surface area contributed by atoms with Crippen LogP contribution in [0.25, 0.3) is 0 Å². The smallest absolute Gasteiger partial charge is 0.249 e. The van der Waals surface area contributed by atoms with Crippen molar-refractivity contribution < 1.29 is 9.53 Å². The van der Waals surface area contributed by atoms with E-state index in [1.807, 2.05) is 6.92 Å². The summed E-state index contributed by atoms with van der Waals surface area (Å²) in [4.78, 5) is 11.7. The van der Waals surface area contributed by atoms with Crippen LogP contribution in [0.3, 0.4) is 0 Å². The molecule has 1 heterocycles. The van der Waals surface area contributed by atoms with Gasteiger partial charge in [-0.25, -0.2) is 0 Å². The van der Waals surface area contributed by atoms with Gasteiger partial charge in [0.15, 0.2) is 0 Å². The molecule has 88 valence electrons. The van der Waals surface area contributed by atoms with Gasteiger partial charge in [0.25, 0.3) is 0 Å². The van der Waals surface area contributed by atoms with Crippen molar-refractivity contribution in [3.63, 3.8) is 0 Å². The molecule has 3 atom stereocenters. The quantitative estimate of drug-likeness (QED) is 0.706. The lowest BCUT2D eigenvalue weighted by molar-refractivity contribution is -0.131. The summed E-state index contributed by atoms with van der Waals surface area (Å²) in [5.74, 6) is 0.318. The van der Waals surface area contributed by atoms with Crippen LogP contribution in [-0.2, 0) is 9.53 Å². The predicted octanol–water partition coefficient (Wildman–Crippen LogP) is 0.655. The van der Waals surface area contributed by atoms with Crippen molar-refractivity contribution in [1.82, 2.24) is 5.32 Å². The van der Waals surface area contributed by atoms with Crippen LogP contribution in [-0.4, -0.2) is 31.2 Å². The molecule has 0 aromatic heterocycles. The first kappa shape index (κ1) is 12.5. The molecule has 0 spiro atoms. The average molecular weight is 214 g/mol. The number of hydrogen-bond acceptors (Lipinski definition) is 3. The van der Waals surface area contributed by atoms with E-state index in [9.17, 15) is 4.79 Å². The van der Waals surface area contributed by atoms with Crippen LogP contribution < -0.4 is 11.1 Å². The summed E-state index contributed by atoms with van der Waals surface area (Å²) in [6, 6.07) is 0.0654. The lowest BCUT2D eigenvalue weighted by Gasteiger charge is -2.16. The number of amides is 1. The largest absolute Gasteiger partial charge is 0.368 e. The highest BCUT2D eigenvalue weighted by atomic mass is 16.5. The Hall–Kier alpha value is -0.610. The van der Waals surface area contributed by atoms with E-state index in [0.717, 1.165) is 19.3 Å². The maximum Gasteiger partial charge on any atom is 0.249 e. The van der Waals surface area contributed by atoms with Gasteiger partial charge in [-0.1, -0.05) is 20.3 Å². The Morgan fingerprint density at radius 3 is 2.93 bits per heavy atom. The zero-order chi connectivity index (χ0) is 11.3. The Bertz CT molecular complexity index is 209. The molecule has 1 amide bonds. The topological polar surface area (TPSA) is 64.3 Å². The third-order valence-electron chi connectivity index (χ3n) is 2.84. The van der Waals surface area contributed by atoms with Gasteiger partial charge in [0.1, 0.15) is 6.10 Å².